The summed E-state index contributed by atoms with van der Waals surface area (Å²) in [5.74, 6) is -0.407. The van der Waals surface area contributed by atoms with Gasteiger partial charge in [0, 0.05) is 28.2 Å². The number of nitrogens with zero attached hydrogens (tertiary/aromatic N) is 1. The Labute approximate surface area is 530 Å². The van der Waals surface area contributed by atoms with Crippen LogP contribution in [0.25, 0.3) is 56.7 Å². The number of rotatable bonds is 15. The number of halogens is 5. The molecule has 2 aliphatic carbocycles. The van der Waals surface area contributed by atoms with E-state index in [0.29, 0.717) is 56.6 Å². The Morgan fingerprint density at radius 2 is 0.652 bits per heavy atom. The van der Waals surface area contributed by atoms with Gasteiger partial charge in [-0.15, -0.1) is 0 Å². The second-order valence-corrected chi connectivity index (χ2v) is 23.1. The van der Waals surface area contributed by atoms with E-state index in [2.05, 4.69) is 36.3 Å². The first-order valence-corrected chi connectivity index (χ1v) is 30.2. The maximum atomic E-state index is 17.4. The van der Waals surface area contributed by atoms with Gasteiger partial charge in [-0.2, -0.15) is 0 Å². The number of hydrogen-bond donors (Lipinski definition) is 0. The molecule has 92 heavy (non-hydrogen) atoms. The Bertz CT molecular complexity index is 4760. The van der Waals surface area contributed by atoms with Crippen LogP contribution >= 0.6 is 0 Å². The minimum atomic E-state index is -1.43. The molecule has 0 spiro atoms. The van der Waals surface area contributed by atoms with E-state index in [-0.39, 0.29) is 16.9 Å². The number of ether oxygens (including phenoxy) is 2. The predicted octanol–water partition coefficient (Wildman–Crippen LogP) is 22.8. The molecule has 0 bridgehead atoms. The van der Waals surface area contributed by atoms with Gasteiger partial charge in [-0.05, 0) is 229 Å². The Kier molecular flexibility index (Phi) is 14.3. The van der Waals surface area contributed by atoms with Crippen molar-refractivity contribution in [2.45, 2.75) is 10.8 Å². The van der Waals surface area contributed by atoms with Gasteiger partial charge in [0.1, 0.15) is 52.1 Å². The highest BCUT2D eigenvalue weighted by Gasteiger charge is 2.50. The zero-order chi connectivity index (χ0) is 62.7. The van der Waals surface area contributed by atoms with Crippen LogP contribution in [0.3, 0.4) is 0 Å². The molecule has 0 saturated heterocycles. The molecule has 2 unspecified atom stereocenters. The first-order valence-electron chi connectivity index (χ1n) is 30.2. The highest BCUT2D eigenvalue weighted by Crippen LogP contribution is 2.61. The van der Waals surface area contributed by atoms with E-state index in [0.717, 1.165) is 84.6 Å². The van der Waals surface area contributed by atoms with Crippen molar-refractivity contribution in [2.75, 3.05) is 4.90 Å². The molecule has 0 radical (unpaired) electrons. The molecule has 3 nitrogen and oxygen atoms in total. The molecule has 0 aliphatic heterocycles. The number of anilines is 3. The van der Waals surface area contributed by atoms with Gasteiger partial charge in [0.05, 0.1) is 10.8 Å². The lowest BCUT2D eigenvalue weighted by Gasteiger charge is -2.36. The van der Waals surface area contributed by atoms with E-state index < -0.39 is 34.1 Å². The fourth-order valence-electron chi connectivity index (χ4n) is 13.8. The van der Waals surface area contributed by atoms with E-state index >= 15 is 17.6 Å². The van der Waals surface area contributed by atoms with E-state index in [1.54, 1.807) is 24.3 Å². The molecule has 442 valence electrons. The van der Waals surface area contributed by atoms with Crippen LogP contribution in [0.2, 0.25) is 0 Å². The van der Waals surface area contributed by atoms with Gasteiger partial charge in [-0.25, -0.2) is 22.0 Å². The lowest BCUT2D eigenvalue weighted by molar-refractivity contribution is 0.481. The van der Waals surface area contributed by atoms with Gasteiger partial charge < -0.3 is 14.4 Å². The van der Waals surface area contributed by atoms with Crippen LogP contribution < -0.4 is 14.4 Å². The standard InChI is InChI=1S/C84H54F5NO2/c1-3-53-16-36-67(37-17-53)91-69-40-24-59(25-41-69)83(79-49-62(86)30-46-81(79)88)75-14-7-5-12-71(75)73-44-34-65(51-77(73)83)90(64-32-22-56(23-33-64)58-11-9-10-57(48-58)55-20-28-61(85)29-21-55)66-35-45-74-72-13-6-8-15-76(72)84(78(74)52-66,80-50-63(87)31-47-82(80)89)60-26-42-70(43-27-60)92-68-38-18-54(4-2)19-39-68/h3-52H,1-2H2. The highest BCUT2D eigenvalue weighted by molar-refractivity contribution is 5.93. The third-order valence-corrected chi connectivity index (χ3v) is 18.0. The number of hydrogen-bond acceptors (Lipinski definition) is 3. The van der Waals surface area contributed by atoms with Gasteiger partial charge in [-0.3, -0.25) is 0 Å². The first-order chi connectivity index (χ1) is 45.0. The molecule has 0 fully saturated rings. The fourth-order valence-corrected chi connectivity index (χ4v) is 13.8. The zero-order valence-electron chi connectivity index (χ0n) is 49.4. The SMILES string of the molecule is C=Cc1ccc(Oc2ccc(C3(c4cc(F)ccc4F)c4ccccc4-c4ccc(N(c5ccc(-c6cccc(-c7ccc(F)cc7)c6)cc5)c5ccc6c(c5)C(c5ccc(Oc7ccc(C=C)cc7)cc5)(c5cc(F)ccc5F)c5ccccc5-6)cc43)cc2)cc1. The van der Waals surface area contributed by atoms with Crippen LogP contribution in [-0.2, 0) is 10.8 Å². The molecule has 0 N–H and O–H groups in total. The van der Waals surface area contributed by atoms with Gasteiger partial charge in [0.25, 0.3) is 0 Å². The van der Waals surface area contributed by atoms with Crippen molar-refractivity contribution >= 4 is 29.2 Å². The van der Waals surface area contributed by atoms with Crippen LogP contribution in [-0.4, -0.2) is 0 Å². The summed E-state index contributed by atoms with van der Waals surface area (Å²) in [6.45, 7) is 7.75. The molecule has 2 aliphatic rings. The van der Waals surface area contributed by atoms with Gasteiger partial charge in [0.15, 0.2) is 0 Å². The minimum absolute atomic E-state index is 0.118. The topological polar surface area (TPSA) is 21.7 Å². The summed E-state index contributed by atoms with van der Waals surface area (Å²) in [7, 11) is 0. The molecule has 2 atom stereocenters. The Morgan fingerprint density at radius 3 is 1.08 bits per heavy atom. The van der Waals surface area contributed by atoms with Crippen molar-refractivity contribution in [3.63, 3.8) is 0 Å². The summed E-state index contributed by atoms with van der Waals surface area (Å²) in [5, 5.41) is 0. The molecular weight excluding hydrogens is 1150 g/mol. The van der Waals surface area contributed by atoms with Crippen molar-refractivity contribution in [1.29, 1.82) is 0 Å². The molecular formula is C84H54F5NO2. The first kappa shape index (κ1) is 56.9. The van der Waals surface area contributed by atoms with Crippen LogP contribution in [0.4, 0.5) is 39.0 Å². The van der Waals surface area contributed by atoms with Crippen molar-refractivity contribution < 1.29 is 31.4 Å². The maximum Gasteiger partial charge on any atom is 0.128 e. The summed E-state index contributed by atoms with van der Waals surface area (Å²) in [5.41, 5.74) is 12.5. The van der Waals surface area contributed by atoms with Gasteiger partial charge in [0.2, 0.25) is 0 Å². The maximum absolute atomic E-state index is 17.4. The summed E-state index contributed by atoms with van der Waals surface area (Å²) < 4.78 is 93.9. The predicted molar refractivity (Wildman–Crippen MR) is 360 cm³/mol. The molecule has 0 aromatic heterocycles. The van der Waals surface area contributed by atoms with E-state index in [4.69, 9.17) is 9.47 Å². The van der Waals surface area contributed by atoms with Crippen LogP contribution in [0.1, 0.15) is 55.6 Å². The molecule has 13 aromatic rings. The number of fused-ring (bicyclic) bond motifs is 6. The van der Waals surface area contributed by atoms with E-state index in [1.165, 1.54) is 36.4 Å². The van der Waals surface area contributed by atoms with Crippen molar-refractivity contribution in [1.82, 2.24) is 0 Å². The summed E-state index contributed by atoms with van der Waals surface area (Å²) in [4.78, 5) is 2.12. The average Bonchev–Trinajstić information content (AvgIpc) is 1.52. The Morgan fingerprint density at radius 1 is 0.283 bits per heavy atom. The summed E-state index contributed by atoms with van der Waals surface area (Å²) in [6.07, 6.45) is 3.52. The van der Waals surface area contributed by atoms with Gasteiger partial charge >= 0.3 is 0 Å². The summed E-state index contributed by atoms with van der Waals surface area (Å²) in [6, 6.07) is 88.1. The lowest BCUT2D eigenvalue weighted by Crippen LogP contribution is -2.30. The normalized spacial score (nSPS) is 15.0. The van der Waals surface area contributed by atoms with Crippen LogP contribution in [0.5, 0.6) is 23.0 Å². The van der Waals surface area contributed by atoms with Crippen molar-refractivity contribution in [2.24, 2.45) is 0 Å². The minimum Gasteiger partial charge on any atom is -0.457 e. The third-order valence-electron chi connectivity index (χ3n) is 18.0. The molecule has 0 heterocycles. The average molecular weight is 1200 g/mol. The molecule has 8 heteroatoms. The largest absolute Gasteiger partial charge is 0.457 e. The second-order valence-electron chi connectivity index (χ2n) is 23.1. The monoisotopic (exact) mass is 1200 g/mol. The molecule has 0 amide bonds. The van der Waals surface area contributed by atoms with E-state index in [1.807, 2.05) is 212 Å². The van der Waals surface area contributed by atoms with Gasteiger partial charge in [-0.1, -0.05) is 177 Å². The molecule has 13 aromatic carbocycles. The zero-order valence-corrected chi connectivity index (χ0v) is 49.4. The van der Waals surface area contributed by atoms with Crippen LogP contribution in [0, 0.1) is 29.1 Å². The summed E-state index contributed by atoms with van der Waals surface area (Å²) >= 11 is 0. The smallest absolute Gasteiger partial charge is 0.128 e. The third kappa shape index (κ3) is 9.67. The lowest BCUT2D eigenvalue weighted by atomic mass is 9.67. The molecule has 0 saturated carbocycles. The van der Waals surface area contributed by atoms with Crippen molar-refractivity contribution in [3.05, 3.63) is 389 Å². The highest BCUT2D eigenvalue weighted by atomic mass is 19.1. The van der Waals surface area contributed by atoms with Crippen molar-refractivity contribution in [3.8, 4) is 67.5 Å². The Balaban J connectivity index is 0.944. The molecule has 15 rings (SSSR count). The quantitative estimate of drug-likeness (QED) is 0.0955. The van der Waals surface area contributed by atoms with Crippen LogP contribution in [0.15, 0.2) is 304 Å². The Hall–Kier alpha value is -11.6. The fraction of sp³-hybridized carbons (Fsp3) is 0.0238. The second kappa shape index (κ2) is 23.1. The number of benzene rings is 13. The van der Waals surface area contributed by atoms with E-state index in [9.17, 15) is 4.39 Å².